The summed E-state index contributed by atoms with van der Waals surface area (Å²) in [5.74, 6) is -1.52. The van der Waals surface area contributed by atoms with Gasteiger partial charge in [0.25, 0.3) is 5.91 Å². The summed E-state index contributed by atoms with van der Waals surface area (Å²) < 4.78 is 28.2. The molecule has 3 aromatic carbocycles. The summed E-state index contributed by atoms with van der Waals surface area (Å²) in [6.45, 7) is 1.71. The van der Waals surface area contributed by atoms with Gasteiger partial charge < -0.3 is 15.5 Å². The number of rotatable bonds is 3. The third-order valence-electron chi connectivity index (χ3n) is 5.19. The number of benzene rings is 3. The molecular formula is C24H20F2N4O2. The number of carbonyl (C=O) groups is 2. The molecule has 1 atom stereocenters. The average Bonchev–Trinajstić information content (AvgIpc) is 2.87. The first-order chi connectivity index (χ1) is 15.3. The number of para-hydroxylation sites is 1. The third kappa shape index (κ3) is 4.07. The van der Waals surface area contributed by atoms with Crippen LogP contribution >= 0.6 is 0 Å². The fourth-order valence-electron chi connectivity index (χ4n) is 3.50. The van der Waals surface area contributed by atoms with E-state index in [0.717, 1.165) is 0 Å². The van der Waals surface area contributed by atoms with Gasteiger partial charge in [-0.25, -0.2) is 18.6 Å². The number of anilines is 2. The quantitative estimate of drug-likeness (QED) is 0.647. The van der Waals surface area contributed by atoms with E-state index in [4.69, 9.17) is 0 Å². The zero-order valence-corrected chi connectivity index (χ0v) is 17.4. The van der Waals surface area contributed by atoms with Gasteiger partial charge in [-0.05, 0) is 42.8 Å². The zero-order chi connectivity index (χ0) is 22.8. The van der Waals surface area contributed by atoms with Gasteiger partial charge in [-0.2, -0.15) is 0 Å². The number of carbonyl (C=O) groups excluding carboxylic acids is 2. The highest BCUT2D eigenvalue weighted by Gasteiger charge is 2.31. The lowest BCUT2D eigenvalue weighted by Gasteiger charge is -2.21. The van der Waals surface area contributed by atoms with Crippen LogP contribution in [0.2, 0.25) is 0 Å². The first-order valence-electron chi connectivity index (χ1n) is 9.88. The van der Waals surface area contributed by atoms with Crippen molar-refractivity contribution < 1.29 is 18.4 Å². The standard InChI is InChI=1S/C24H20F2N4O2/c1-14-11-12-15(25)13-19(14)27-24(32)29-22-23(31)30(2)20-10-6-4-8-17(20)21(28-22)16-7-3-5-9-18(16)26/h3-13,22H,1-2H3,(H2,27,29,32). The molecule has 0 saturated carbocycles. The van der Waals surface area contributed by atoms with Crippen molar-refractivity contribution in [3.8, 4) is 0 Å². The Morgan fingerprint density at radius 2 is 1.69 bits per heavy atom. The number of halogens is 2. The van der Waals surface area contributed by atoms with Crippen molar-refractivity contribution in [2.75, 3.05) is 17.3 Å². The van der Waals surface area contributed by atoms with Crippen LogP contribution in [-0.2, 0) is 4.79 Å². The van der Waals surface area contributed by atoms with Gasteiger partial charge in [0.15, 0.2) is 0 Å². The lowest BCUT2D eigenvalue weighted by atomic mass is 10.00. The van der Waals surface area contributed by atoms with Crippen molar-refractivity contribution in [1.82, 2.24) is 5.32 Å². The van der Waals surface area contributed by atoms with Gasteiger partial charge in [-0.3, -0.25) is 4.79 Å². The maximum Gasteiger partial charge on any atom is 0.321 e. The summed E-state index contributed by atoms with van der Waals surface area (Å²) >= 11 is 0. The fourth-order valence-corrected chi connectivity index (χ4v) is 3.50. The Morgan fingerprint density at radius 3 is 2.44 bits per heavy atom. The molecule has 3 amide bonds. The number of hydrogen-bond acceptors (Lipinski definition) is 3. The molecular weight excluding hydrogens is 414 g/mol. The fraction of sp³-hybridized carbons (Fsp3) is 0.125. The number of aliphatic imine (C=N–C) groups is 1. The maximum atomic E-state index is 14.6. The number of fused-ring (bicyclic) bond motifs is 1. The Kier molecular flexibility index (Phi) is 5.68. The number of urea groups is 1. The van der Waals surface area contributed by atoms with Crippen LogP contribution in [0.3, 0.4) is 0 Å². The van der Waals surface area contributed by atoms with Crippen LogP contribution in [0, 0.1) is 18.6 Å². The predicted octanol–water partition coefficient (Wildman–Crippen LogP) is 4.23. The van der Waals surface area contributed by atoms with Crippen molar-refractivity contribution in [2.24, 2.45) is 4.99 Å². The molecule has 1 unspecified atom stereocenters. The van der Waals surface area contributed by atoms with Crippen LogP contribution in [0.15, 0.2) is 71.7 Å². The molecule has 0 aliphatic carbocycles. The number of hydrogen-bond donors (Lipinski definition) is 2. The van der Waals surface area contributed by atoms with E-state index in [2.05, 4.69) is 15.6 Å². The number of benzodiazepines with no additional fused rings is 1. The Bertz CT molecular complexity index is 1240. The highest BCUT2D eigenvalue weighted by Crippen LogP contribution is 2.28. The Labute approximate surface area is 183 Å². The van der Waals surface area contributed by atoms with Gasteiger partial charge in [0.1, 0.15) is 11.6 Å². The van der Waals surface area contributed by atoms with Crippen molar-refractivity contribution in [3.63, 3.8) is 0 Å². The van der Waals surface area contributed by atoms with E-state index >= 15 is 0 Å². The SMILES string of the molecule is Cc1ccc(F)cc1NC(=O)NC1N=C(c2ccccc2F)c2ccccc2N(C)C1=O. The molecule has 0 aromatic heterocycles. The molecule has 1 heterocycles. The smallest absolute Gasteiger partial charge is 0.311 e. The normalized spacial score (nSPS) is 15.5. The van der Waals surface area contributed by atoms with Gasteiger partial charge in [0.2, 0.25) is 6.17 Å². The summed E-state index contributed by atoms with van der Waals surface area (Å²) in [7, 11) is 1.56. The van der Waals surface area contributed by atoms with Gasteiger partial charge in [-0.1, -0.05) is 36.4 Å². The van der Waals surface area contributed by atoms with Crippen LogP contribution < -0.4 is 15.5 Å². The third-order valence-corrected chi connectivity index (χ3v) is 5.19. The first kappa shape index (κ1) is 21.2. The van der Waals surface area contributed by atoms with E-state index in [-0.39, 0.29) is 17.0 Å². The molecule has 0 bridgehead atoms. The molecule has 32 heavy (non-hydrogen) atoms. The molecule has 2 N–H and O–H groups in total. The second-order valence-corrected chi connectivity index (χ2v) is 7.33. The largest absolute Gasteiger partial charge is 0.321 e. The molecule has 0 radical (unpaired) electrons. The Hall–Kier alpha value is -4.07. The molecule has 6 nitrogen and oxygen atoms in total. The molecule has 3 aromatic rings. The van der Waals surface area contributed by atoms with Gasteiger partial charge in [0, 0.05) is 23.9 Å². The molecule has 0 fully saturated rings. The minimum atomic E-state index is -1.32. The van der Waals surface area contributed by atoms with E-state index in [1.54, 1.807) is 56.4 Å². The van der Waals surface area contributed by atoms with E-state index in [9.17, 15) is 18.4 Å². The van der Waals surface area contributed by atoms with Gasteiger partial charge in [-0.15, -0.1) is 0 Å². The minimum Gasteiger partial charge on any atom is -0.311 e. The van der Waals surface area contributed by atoms with Crippen LogP contribution in [-0.4, -0.2) is 30.9 Å². The summed E-state index contributed by atoms with van der Waals surface area (Å²) in [6, 6.07) is 16.3. The molecule has 1 aliphatic heterocycles. The molecule has 1 aliphatic rings. The second kappa shape index (κ2) is 8.58. The van der Waals surface area contributed by atoms with E-state index < -0.39 is 29.7 Å². The number of nitrogens with one attached hydrogen (secondary N) is 2. The summed E-state index contributed by atoms with van der Waals surface area (Å²) in [5.41, 5.74) is 2.44. The number of amides is 3. The van der Waals surface area contributed by atoms with Crippen molar-refractivity contribution >= 4 is 29.0 Å². The molecule has 0 saturated heterocycles. The Morgan fingerprint density at radius 1 is 1.00 bits per heavy atom. The van der Waals surface area contributed by atoms with Gasteiger partial charge in [0.05, 0.1) is 11.4 Å². The summed E-state index contributed by atoms with van der Waals surface area (Å²) in [6.07, 6.45) is -1.32. The van der Waals surface area contributed by atoms with Crippen molar-refractivity contribution in [2.45, 2.75) is 13.1 Å². The van der Waals surface area contributed by atoms with E-state index in [0.29, 0.717) is 16.8 Å². The Balaban J connectivity index is 1.72. The average molecular weight is 434 g/mol. The topological polar surface area (TPSA) is 73.8 Å². The van der Waals surface area contributed by atoms with Crippen molar-refractivity contribution in [1.29, 1.82) is 0 Å². The monoisotopic (exact) mass is 434 g/mol. The number of aryl methyl sites for hydroxylation is 1. The summed E-state index contributed by atoms with van der Waals surface area (Å²) in [5, 5.41) is 5.05. The highest BCUT2D eigenvalue weighted by molar-refractivity contribution is 6.20. The molecule has 0 spiro atoms. The van der Waals surface area contributed by atoms with E-state index in [1.165, 1.54) is 29.2 Å². The summed E-state index contributed by atoms with van der Waals surface area (Å²) in [4.78, 5) is 31.5. The minimum absolute atomic E-state index is 0.205. The van der Waals surface area contributed by atoms with Crippen LogP contribution in [0.25, 0.3) is 0 Å². The number of likely N-dealkylation sites (N-methyl/N-ethyl adjacent to an activating group) is 1. The van der Waals surface area contributed by atoms with Crippen LogP contribution in [0.4, 0.5) is 25.0 Å². The first-order valence-corrected chi connectivity index (χ1v) is 9.88. The maximum absolute atomic E-state index is 14.6. The lowest BCUT2D eigenvalue weighted by molar-refractivity contribution is -0.119. The molecule has 4 rings (SSSR count). The van der Waals surface area contributed by atoms with E-state index in [1.807, 2.05) is 0 Å². The predicted molar refractivity (Wildman–Crippen MR) is 119 cm³/mol. The van der Waals surface area contributed by atoms with Crippen LogP contribution in [0.5, 0.6) is 0 Å². The zero-order valence-electron chi connectivity index (χ0n) is 17.4. The second-order valence-electron chi connectivity index (χ2n) is 7.33. The number of nitrogens with zero attached hydrogens (tertiary/aromatic N) is 2. The molecule has 8 heteroatoms. The molecule has 162 valence electrons. The highest BCUT2D eigenvalue weighted by atomic mass is 19.1. The lowest BCUT2D eigenvalue weighted by Crippen LogP contribution is -2.47. The van der Waals surface area contributed by atoms with Gasteiger partial charge >= 0.3 is 6.03 Å². The van der Waals surface area contributed by atoms with Crippen LogP contribution in [0.1, 0.15) is 16.7 Å². The van der Waals surface area contributed by atoms with Crippen molar-refractivity contribution in [3.05, 3.63) is 95.1 Å².